The molecule has 4 heteroatoms. The average Bonchev–Trinajstić information content (AvgIpc) is 2.01. The van der Waals surface area contributed by atoms with Gasteiger partial charge in [0.15, 0.2) is 0 Å². The molecule has 0 fully saturated rings. The van der Waals surface area contributed by atoms with Crippen LogP contribution in [-0.4, -0.2) is 6.10 Å². The number of benzene rings is 1. The largest absolute Gasteiger partial charge is 0.491 e. The molecule has 0 unspecified atom stereocenters. The molecule has 0 radical (unpaired) electrons. The van der Waals surface area contributed by atoms with E-state index in [2.05, 4.69) is 15.9 Å². The number of alkyl halides is 2. The topological polar surface area (TPSA) is 9.23 Å². The van der Waals surface area contributed by atoms with E-state index in [1.54, 1.807) is 12.1 Å². The first-order valence-corrected chi connectivity index (χ1v) is 5.04. The van der Waals surface area contributed by atoms with Gasteiger partial charge in [0.25, 0.3) is 6.43 Å². The van der Waals surface area contributed by atoms with Crippen LogP contribution in [0.25, 0.3) is 0 Å². The molecule has 0 saturated carbocycles. The number of hydrogen-bond acceptors (Lipinski definition) is 1. The summed E-state index contributed by atoms with van der Waals surface area (Å²) in [5, 5.41) is 0. The molecule has 0 aromatic heterocycles. The zero-order chi connectivity index (χ0) is 10.7. The van der Waals surface area contributed by atoms with Crippen molar-refractivity contribution in [3.05, 3.63) is 28.2 Å². The fourth-order valence-electron chi connectivity index (χ4n) is 1.03. The van der Waals surface area contributed by atoms with Crippen molar-refractivity contribution < 1.29 is 13.5 Å². The first-order valence-electron chi connectivity index (χ1n) is 4.25. The molecule has 0 atom stereocenters. The van der Waals surface area contributed by atoms with Gasteiger partial charge in [-0.2, -0.15) is 0 Å². The third-order valence-corrected chi connectivity index (χ3v) is 2.27. The van der Waals surface area contributed by atoms with Gasteiger partial charge in [0, 0.05) is 10.0 Å². The van der Waals surface area contributed by atoms with Crippen LogP contribution in [-0.2, 0) is 0 Å². The van der Waals surface area contributed by atoms with Crippen molar-refractivity contribution in [2.45, 2.75) is 26.4 Å². The lowest BCUT2D eigenvalue weighted by atomic mass is 10.2. The minimum Gasteiger partial charge on any atom is -0.491 e. The van der Waals surface area contributed by atoms with Crippen molar-refractivity contribution in [1.29, 1.82) is 0 Å². The Morgan fingerprint density at radius 1 is 1.29 bits per heavy atom. The van der Waals surface area contributed by atoms with Crippen LogP contribution in [0.1, 0.15) is 25.8 Å². The minimum atomic E-state index is -2.46. The van der Waals surface area contributed by atoms with Crippen LogP contribution in [0, 0.1) is 0 Å². The van der Waals surface area contributed by atoms with Crippen LogP contribution in [0.3, 0.4) is 0 Å². The molecular formula is C10H11BrF2O. The van der Waals surface area contributed by atoms with Crippen LogP contribution in [0.5, 0.6) is 5.75 Å². The molecule has 78 valence electrons. The molecule has 1 aromatic rings. The van der Waals surface area contributed by atoms with Crippen molar-refractivity contribution in [2.24, 2.45) is 0 Å². The van der Waals surface area contributed by atoms with Crippen molar-refractivity contribution in [2.75, 3.05) is 0 Å². The monoisotopic (exact) mass is 264 g/mol. The Balaban J connectivity index is 2.89. The van der Waals surface area contributed by atoms with E-state index in [0.29, 0.717) is 10.2 Å². The van der Waals surface area contributed by atoms with Gasteiger partial charge in [0.05, 0.1) is 6.10 Å². The van der Waals surface area contributed by atoms with Gasteiger partial charge in [-0.1, -0.05) is 15.9 Å². The van der Waals surface area contributed by atoms with Crippen LogP contribution in [0.15, 0.2) is 22.7 Å². The lowest BCUT2D eigenvalue weighted by Crippen LogP contribution is -2.05. The van der Waals surface area contributed by atoms with Gasteiger partial charge in [-0.3, -0.25) is 0 Å². The minimum absolute atomic E-state index is 0.0129. The Kier molecular flexibility index (Phi) is 3.86. The molecule has 0 aliphatic heterocycles. The van der Waals surface area contributed by atoms with E-state index in [0.717, 1.165) is 0 Å². The van der Waals surface area contributed by atoms with Gasteiger partial charge in [-0.15, -0.1) is 0 Å². The molecule has 0 bridgehead atoms. The molecule has 0 heterocycles. The predicted molar refractivity (Wildman–Crippen MR) is 54.9 cm³/mol. The smallest absolute Gasteiger partial charge is 0.264 e. The van der Waals surface area contributed by atoms with E-state index in [-0.39, 0.29) is 11.7 Å². The van der Waals surface area contributed by atoms with Gasteiger partial charge in [0.1, 0.15) is 5.75 Å². The fraction of sp³-hybridized carbons (Fsp3) is 0.400. The maximum absolute atomic E-state index is 12.4. The molecule has 0 aliphatic rings. The SMILES string of the molecule is CC(C)Oc1ccc(C(F)F)c(Br)c1. The van der Waals surface area contributed by atoms with Crippen molar-refractivity contribution in [3.8, 4) is 5.75 Å². The lowest BCUT2D eigenvalue weighted by Gasteiger charge is -2.11. The quantitative estimate of drug-likeness (QED) is 0.796. The van der Waals surface area contributed by atoms with Gasteiger partial charge >= 0.3 is 0 Å². The highest BCUT2D eigenvalue weighted by Crippen LogP contribution is 2.30. The second-order valence-corrected chi connectivity index (χ2v) is 4.00. The van der Waals surface area contributed by atoms with Gasteiger partial charge in [-0.25, -0.2) is 8.78 Å². The van der Waals surface area contributed by atoms with E-state index in [9.17, 15) is 8.78 Å². The Morgan fingerprint density at radius 3 is 2.36 bits per heavy atom. The molecule has 0 aliphatic carbocycles. The first-order chi connectivity index (χ1) is 6.50. The molecular weight excluding hydrogens is 254 g/mol. The van der Waals surface area contributed by atoms with Crippen molar-refractivity contribution in [1.82, 2.24) is 0 Å². The lowest BCUT2D eigenvalue weighted by molar-refractivity contribution is 0.150. The number of halogens is 3. The molecule has 14 heavy (non-hydrogen) atoms. The summed E-state index contributed by atoms with van der Waals surface area (Å²) in [6.07, 6.45) is -2.42. The van der Waals surface area contributed by atoms with Gasteiger partial charge < -0.3 is 4.74 Å². The van der Waals surface area contributed by atoms with Crippen molar-refractivity contribution in [3.63, 3.8) is 0 Å². The molecule has 1 rings (SSSR count). The highest BCUT2D eigenvalue weighted by atomic mass is 79.9. The second kappa shape index (κ2) is 4.73. The van der Waals surface area contributed by atoms with Crippen LogP contribution in [0.2, 0.25) is 0 Å². The summed E-state index contributed by atoms with van der Waals surface area (Å²) in [7, 11) is 0. The first kappa shape index (κ1) is 11.4. The molecule has 1 nitrogen and oxygen atoms in total. The number of hydrogen-bond donors (Lipinski definition) is 0. The maximum Gasteiger partial charge on any atom is 0.264 e. The summed E-state index contributed by atoms with van der Waals surface area (Å²) in [6.45, 7) is 3.77. The number of ether oxygens (including phenoxy) is 1. The number of rotatable bonds is 3. The Bertz CT molecular complexity index is 313. The van der Waals surface area contributed by atoms with Gasteiger partial charge in [0.2, 0.25) is 0 Å². The Hall–Kier alpha value is -0.640. The standard InChI is InChI=1S/C10H11BrF2O/c1-6(2)14-7-3-4-8(10(12)13)9(11)5-7/h3-6,10H,1-2H3. The third kappa shape index (κ3) is 2.94. The van der Waals surface area contributed by atoms with Crippen LogP contribution < -0.4 is 4.74 Å². The van der Waals surface area contributed by atoms with Crippen LogP contribution >= 0.6 is 15.9 Å². The predicted octanol–water partition coefficient (Wildman–Crippen LogP) is 4.17. The fourth-order valence-corrected chi connectivity index (χ4v) is 1.56. The summed E-state index contributed by atoms with van der Waals surface area (Å²) < 4.78 is 30.4. The third-order valence-electron chi connectivity index (χ3n) is 1.58. The Labute approximate surface area is 90.2 Å². The van der Waals surface area contributed by atoms with Crippen molar-refractivity contribution >= 4 is 15.9 Å². The average molecular weight is 265 g/mol. The molecule has 1 aromatic carbocycles. The zero-order valence-corrected chi connectivity index (χ0v) is 9.51. The van der Waals surface area contributed by atoms with Crippen LogP contribution in [0.4, 0.5) is 8.78 Å². The van der Waals surface area contributed by atoms with E-state index in [1.165, 1.54) is 6.07 Å². The van der Waals surface area contributed by atoms with Gasteiger partial charge in [-0.05, 0) is 32.0 Å². The summed E-state index contributed by atoms with van der Waals surface area (Å²) in [5.74, 6) is 0.594. The normalized spacial score (nSPS) is 11.1. The van der Waals surface area contributed by atoms with E-state index >= 15 is 0 Å². The summed E-state index contributed by atoms with van der Waals surface area (Å²) in [4.78, 5) is 0. The summed E-state index contributed by atoms with van der Waals surface area (Å²) >= 11 is 3.08. The Morgan fingerprint density at radius 2 is 1.93 bits per heavy atom. The molecule has 0 saturated heterocycles. The molecule has 0 amide bonds. The van der Waals surface area contributed by atoms with E-state index in [1.807, 2.05) is 13.8 Å². The summed E-state index contributed by atoms with van der Waals surface area (Å²) in [6, 6.07) is 4.47. The maximum atomic E-state index is 12.4. The summed E-state index contributed by atoms with van der Waals surface area (Å²) in [5.41, 5.74) is -0.0129. The second-order valence-electron chi connectivity index (χ2n) is 3.15. The highest BCUT2D eigenvalue weighted by molar-refractivity contribution is 9.10. The molecule has 0 spiro atoms. The molecule has 0 N–H and O–H groups in total. The van der Waals surface area contributed by atoms with E-state index < -0.39 is 6.43 Å². The van der Waals surface area contributed by atoms with E-state index in [4.69, 9.17) is 4.74 Å². The zero-order valence-electron chi connectivity index (χ0n) is 7.93. The highest BCUT2D eigenvalue weighted by Gasteiger charge is 2.12.